The highest BCUT2D eigenvalue weighted by molar-refractivity contribution is 6.31. The van der Waals surface area contributed by atoms with E-state index in [4.69, 9.17) is 11.6 Å². The molecule has 4 rings (SSSR count). The van der Waals surface area contributed by atoms with Gasteiger partial charge >= 0.3 is 0 Å². The van der Waals surface area contributed by atoms with Crippen molar-refractivity contribution in [3.63, 3.8) is 0 Å². The Balaban J connectivity index is 1.62. The molecule has 6 nitrogen and oxygen atoms in total. The van der Waals surface area contributed by atoms with Crippen LogP contribution in [-0.4, -0.2) is 28.9 Å². The van der Waals surface area contributed by atoms with Gasteiger partial charge in [-0.05, 0) is 30.7 Å². The van der Waals surface area contributed by atoms with E-state index in [0.29, 0.717) is 17.3 Å². The molecular formula is C18H15ClN4O2. The first-order chi connectivity index (χ1) is 12.1. The van der Waals surface area contributed by atoms with E-state index >= 15 is 0 Å². The molecule has 0 aliphatic carbocycles. The van der Waals surface area contributed by atoms with Crippen molar-refractivity contribution in [2.75, 3.05) is 4.90 Å². The maximum absolute atomic E-state index is 12.9. The third-order valence-electron chi connectivity index (χ3n) is 4.44. The van der Waals surface area contributed by atoms with Crippen LogP contribution in [0, 0.1) is 6.92 Å². The van der Waals surface area contributed by atoms with Crippen LogP contribution in [0.4, 0.5) is 5.69 Å². The Morgan fingerprint density at radius 2 is 1.76 bits per heavy atom. The van der Waals surface area contributed by atoms with Crippen LogP contribution in [0.1, 0.15) is 11.1 Å². The fraction of sp³-hybridized carbons (Fsp3) is 0.222. The zero-order chi connectivity index (χ0) is 17.6. The van der Waals surface area contributed by atoms with Crippen LogP contribution in [0.5, 0.6) is 0 Å². The van der Waals surface area contributed by atoms with Crippen molar-refractivity contribution in [3.8, 4) is 0 Å². The standard InChI is InChI=1S/C18H15ClN4O2/c1-11-6-8-13(9-7-11)23-17(24)15-16(18(23)25)22(21-20-15)10-12-4-2-3-5-14(12)19/h2-9,15-16H,10H2,1H3/t15-,16-/m0/s1. The second-order valence-electron chi connectivity index (χ2n) is 6.13. The van der Waals surface area contributed by atoms with Gasteiger partial charge in [0.15, 0.2) is 12.1 Å². The summed E-state index contributed by atoms with van der Waals surface area (Å²) >= 11 is 6.19. The number of halogens is 1. The monoisotopic (exact) mass is 354 g/mol. The lowest BCUT2D eigenvalue weighted by molar-refractivity contribution is -0.123. The van der Waals surface area contributed by atoms with E-state index in [9.17, 15) is 9.59 Å². The van der Waals surface area contributed by atoms with Crippen LogP contribution < -0.4 is 4.90 Å². The van der Waals surface area contributed by atoms with Gasteiger partial charge in [0, 0.05) is 5.02 Å². The summed E-state index contributed by atoms with van der Waals surface area (Å²) in [5.74, 6) is -0.653. The molecule has 2 heterocycles. The number of rotatable bonds is 3. The number of hydrogen-bond donors (Lipinski definition) is 0. The van der Waals surface area contributed by atoms with Gasteiger partial charge in [0.2, 0.25) is 0 Å². The summed E-state index contributed by atoms with van der Waals surface area (Å²) in [5.41, 5.74) is 2.45. The number of aryl methyl sites for hydroxylation is 1. The molecular weight excluding hydrogens is 340 g/mol. The molecule has 7 heteroatoms. The van der Waals surface area contributed by atoms with E-state index in [1.165, 1.54) is 4.90 Å². The van der Waals surface area contributed by atoms with Gasteiger partial charge in [-0.2, -0.15) is 5.11 Å². The molecule has 0 unspecified atom stereocenters. The molecule has 0 aromatic heterocycles. The van der Waals surface area contributed by atoms with E-state index in [1.54, 1.807) is 23.2 Å². The number of anilines is 1. The van der Waals surface area contributed by atoms with Crippen LogP contribution in [0.15, 0.2) is 58.9 Å². The van der Waals surface area contributed by atoms with Gasteiger partial charge < -0.3 is 0 Å². The van der Waals surface area contributed by atoms with Crippen molar-refractivity contribution in [2.45, 2.75) is 25.6 Å². The van der Waals surface area contributed by atoms with Gasteiger partial charge in [-0.1, -0.05) is 52.7 Å². The summed E-state index contributed by atoms with van der Waals surface area (Å²) in [5, 5.41) is 10.2. The quantitative estimate of drug-likeness (QED) is 0.795. The van der Waals surface area contributed by atoms with Crippen LogP contribution in [-0.2, 0) is 16.1 Å². The number of carbonyl (C=O) groups is 2. The van der Waals surface area contributed by atoms with Crippen LogP contribution >= 0.6 is 11.6 Å². The molecule has 0 saturated carbocycles. The highest BCUT2D eigenvalue weighted by Crippen LogP contribution is 2.33. The maximum Gasteiger partial charge on any atom is 0.263 e. The van der Waals surface area contributed by atoms with Crippen molar-refractivity contribution in [2.24, 2.45) is 10.3 Å². The lowest BCUT2D eigenvalue weighted by Gasteiger charge is -2.21. The molecule has 0 bridgehead atoms. The molecule has 2 aromatic rings. The fourth-order valence-electron chi connectivity index (χ4n) is 3.10. The molecule has 1 saturated heterocycles. The number of nitrogens with zero attached hydrogens (tertiary/aromatic N) is 4. The zero-order valence-corrected chi connectivity index (χ0v) is 14.2. The van der Waals surface area contributed by atoms with E-state index in [-0.39, 0.29) is 11.8 Å². The van der Waals surface area contributed by atoms with Crippen LogP contribution in [0.2, 0.25) is 5.02 Å². The first-order valence-corrected chi connectivity index (χ1v) is 8.29. The Labute approximate surface area is 149 Å². The highest BCUT2D eigenvalue weighted by atomic mass is 35.5. The molecule has 1 fully saturated rings. The van der Waals surface area contributed by atoms with Crippen molar-refractivity contribution < 1.29 is 9.59 Å². The zero-order valence-electron chi connectivity index (χ0n) is 13.5. The summed E-state index contributed by atoms with van der Waals surface area (Å²) in [6.45, 7) is 2.27. The molecule has 2 aliphatic rings. The lowest BCUT2D eigenvalue weighted by Crippen LogP contribution is -2.39. The van der Waals surface area contributed by atoms with Gasteiger partial charge in [-0.15, -0.1) is 0 Å². The Hall–Kier alpha value is -2.73. The molecule has 0 spiro atoms. The summed E-state index contributed by atoms with van der Waals surface area (Å²) in [6, 6.07) is 13.1. The molecule has 2 amide bonds. The van der Waals surface area contributed by atoms with Gasteiger partial charge in [0.1, 0.15) is 0 Å². The largest absolute Gasteiger partial charge is 0.271 e. The van der Waals surface area contributed by atoms with E-state index in [2.05, 4.69) is 10.3 Å². The van der Waals surface area contributed by atoms with Gasteiger partial charge in [-0.25, -0.2) is 4.90 Å². The Morgan fingerprint density at radius 1 is 1.04 bits per heavy atom. The van der Waals surface area contributed by atoms with Crippen molar-refractivity contribution >= 4 is 29.1 Å². The van der Waals surface area contributed by atoms with E-state index in [1.807, 2.05) is 37.3 Å². The minimum atomic E-state index is -0.795. The number of hydrogen-bond acceptors (Lipinski definition) is 5. The van der Waals surface area contributed by atoms with Crippen molar-refractivity contribution in [1.29, 1.82) is 0 Å². The third kappa shape index (κ3) is 2.59. The second kappa shape index (κ2) is 5.97. The number of amides is 2. The van der Waals surface area contributed by atoms with Crippen molar-refractivity contribution in [3.05, 3.63) is 64.7 Å². The summed E-state index contributed by atoms with van der Waals surface area (Å²) in [4.78, 5) is 26.7. The van der Waals surface area contributed by atoms with E-state index in [0.717, 1.165) is 11.1 Å². The van der Waals surface area contributed by atoms with E-state index < -0.39 is 12.1 Å². The average molecular weight is 355 g/mol. The minimum Gasteiger partial charge on any atom is -0.271 e. The first kappa shape index (κ1) is 15.8. The maximum atomic E-state index is 12.9. The van der Waals surface area contributed by atoms with Gasteiger partial charge in [0.05, 0.1) is 12.2 Å². The topological polar surface area (TPSA) is 65.3 Å². The smallest absolute Gasteiger partial charge is 0.263 e. The average Bonchev–Trinajstić information content (AvgIpc) is 3.12. The van der Waals surface area contributed by atoms with Crippen molar-refractivity contribution in [1.82, 2.24) is 5.01 Å². The molecule has 2 aromatic carbocycles. The molecule has 25 heavy (non-hydrogen) atoms. The van der Waals surface area contributed by atoms with Crippen LogP contribution in [0.25, 0.3) is 0 Å². The fourth-order valence-corrected chi connectivity index (χ4v) is 3.30. The van der Waals surface area contributed by atoms with Gasteiger partial charge in [0.25, 0.3) is 11.8 Å². The summed E-state index contributed by atoms with van der Waals surface area (Å²) in [6.07, 6.45) is 0. The molecule has 2 atom stereocenters. The predicted molar refractivity (Wildman–Crippen MR) is 93.1 cm³/mol. The van der Waals surface area contributed by atoms with Gasteiger partial charge in [-0.3, -0.25) is 14.6 Å². The Morgan fingerprint density at radius 3 is 2.48 bits per heavy atom. The highest BCUT2D eigenvalue weighted by Gasteiger charge is 2.54. The van der Waals surface area contributed by atoms with Crippen LogP contribution in [0.3, 0.4) is 0 Å². The SMILES string of the molecule is Cc1ccc(N2C(=O)[C@H]3N=NN(Cc4ccccc4Cl)[C@@H]3C2=O)cc1. The Bertz CT molecular complexity index is 881. The number of carbonyl (C=O) groups excluding carboxylic acids is 2. The number of fused-ring (bicyclic) bond motifs is 1. The summed E-state index contributed by atoms with van der Waals surface area (Å²) in [7, 11) is 0. The molecule has 126 valence electrons. The third-order valence-corrected chi connectivity index (χ3v) is 4.81. The molecule has 0 radical (unpaired) electrons. The molecule has 0 N–H and O–H groups in total. The normalized spacial score (nSPS) is 22.0. The summed E-state index contributed by atoms with van der Waals surface area (Å²) < 4.78 is 0. The number of benzene rings is 2. The first-order valence-electron chi connectivity index (χ1n) is 7.91. The second-order valence-corrected chi connectivity index (χ2v) is 6.54. The minimum absolute atomic E-state index is 0.309. The number of imide groups is 1. The molecule has 2 aliphatic heterocycles. The Kier molecular flexibility index (Phi) is 3.77. The predicted octanol–water partition coefficient (Wildman–Crippen LogP) is 3.14. The lowest BCUT2D eigenvalue weighted by atomic mass is 10.1.